The molecule has 0 bridgehead atoms. The number of para-hydroxylation sites is 2. The van der Waals surface area contributed by atoms with Crippen molar-refractivity contribution in [3.05, 3.63) is 35.9 Å². The molecule has 130 valence electrons. The largest absolute Gasteiger partial charge is 0.314 e. The van der Waals surface area contributed by atoms with E-state index < -0.39 is 0 Å². The zero-order valence-electron chi connectivity index (χ0n) is 14.3. The Bertz CT molecular complexity index is 913. The van der Waals surface area contributed by atoms with Gasteiger partial charge in [0.05, 0.1) is 16.8 Å². The van der Waals surface area contributed by atoms with Crippen molar-refractivity contribution >= 4 is 28.7 Å². The van der Waals surface area contributed by atoms with Crippen LogP contribution in [0, 0.1) is 0 Å². The zero-order valence-corrected chi connectivity index (χ0v) is 15.1. The van der Waals surface area contributed by atoms with Crippen LogP contribution in [0.15, 0.2) is 29.4 Å². The van der Waals surface area contributed by atoms with E-state index in [-0.39, 0.29) is 5.91 Å². The Kier molecular flexibility index (Phi) is 4.57. The van der Waals surface area contributed by atoms with Crippen LogP contribution in [-0.2, 0) is 18.7 Å². The van der Waals surface area contributed by atoms with Gasteiger partial charge in [-0.1, -0.05) is 37.2 Å². The van der Waals surface area contributed by atoms with Crippen molar-refractivity contribution < 1.29 is 4.79 Å². The summed E-state index contributed by atoms with van der Waals surface area (Å²) in [5.41, 5.74) is 1.73. The van der Waals surface area contributed by atoms with Gasteiger partial charge in [0.15, 0.2) is 5.16 Å². The highest BCUT2D eigenvalue weighted by Crippen LogP contribution is 2.27. The van der Waals surface area contributed by atoms with Gasteiger partial charge in [-0.2, -0.15) is 0 Å². The molecule has 0 atom stereocenters. The van der Waals surface area contributed by atoms with Gasteiger partial charge >= 0.3 is 0 Å². The highest BCUT2D eigenvalue weighted by Gasteiger charge is 2.19. The van der Waals surface area contributed by atoms with Gasteiger partial charge in [0.1, 0.15) is 11.6 Å². The molecule has 0 N–H and O–H groups in total. The summed E-state index contributed by atoms with van der Waals surface area (Å²) in [6.07, 6.45) is 5.07. The maximum atomic E-state index is 12.4. The first-order valence-corrected chi connectivity index (χ1v) is 9.81. The summed E-state index contributed by atoms with van der Waals surface area (Å²) in [6, 6.07) is 7.78. The van der Waals surface area contributed by atoms with E-state index in [1.807, 2.05) is 31.2 Å². The van der Waals surface area contributed by atoms with Gasteiger partial charge in [0.2, 0.25) is 5.91 Å². The molecule has 3 aromatic rings. The summed E-state index contributed by atoms with van der Waals surface area (Å²) < 4.78 is 3.98. The Morgan fingerprint density at radius 3 is 2.96 bits per heavy atom. The summed E-state index contributed by atoms with van der Waals surface area (Å²) in [7, 11) is 0. The molecule has 0 unspecified atom stereocenters. The minimum atomic E-state index is 0.0660. The van der Waals surface area contributed by atoms with Crippen LogP contribution in [0.4, 0.5) is 0 Å². The van der Waals surface area contributed by atoms with Crippen molar-refractivity contribution in [1.82, 2.24) is 24.3 Å². The van der Waals surface area contributed by atoms with Crippen LogP contribution in [0.25, 0.3) is 11.0 Å². The van der Waals surface area contributed by atoms with E-state index in [0.717, 1.165) is 40.8 Å². The van der Waals surface area contributed by atoms with E-state index in [1.54, 1.807) is 16.3 Å². The van der Waals surface area contributed by atoms with E-state index in [9.17, 15) is 4.79 Å². The molecule has 0 radical (unpaired) electrons. The molecule has 3 heterocycles. The average molecular weight is 355 g/mol. The number of fused-ring (bicyclic) bond motifs is 2. The molecule has 4 rings (SSSR count). The molecular formula is C18H21N5OS. The molecule has 7 heteroatoms. The van der Waals surface area contributed by atoms with E-state index in [1.165, 1.54) is 19.3 Å². The SMILES string of the molecule is CCC(=O)n1c(SCc2nnc3n2CCCCC3)nc2ccccc21. The second-order valence-electron chi connectivity index (χ2n) is 6.25. The normalized spacial score (nSPS) is 14.4. The summed E-state index contributed by atoms with van der Waals surface area (Å²) in [4.78, 5) is 17.1. The third-order valence-corrected chi connectivity index (χ3v) is 5.53. The van der Waals surface area contributed by atoms with Crippen molar-refractivity contribution in [2.75, 3.05) is 0 Å². The predicted molar refractivity (Wildman–Crippen MR) is 97.8 cm³/mol. The number of hydrogen-bond acceptors (Lipinski definition) is 5. The summed E-state index contributed by atoms with van der Waals surface area (Å²) in [6.45, 7) is 2.87. The standard InChI is InChI=1S/C18H21N5OS/c1-2-17(24)23-14-9-6-5-8-13(14)19-18(23)25-12-16-21-20-15-10-4-3-7-11-22(15)16/h5-6,8-9H,2-4,7,10-12H2,1H3. The fourth-order valence-corrected chi connectivity index (χ4v) is 4.24. The Hall–Kier alpha value is -2.15. The first-order valence-electron chi connectivity index (χ1n) is 8.82. The van der Waals surface area contributed by atoms with Gasteiger partial charge in [-0.25, -0.2) is 4.98 Å². The van der Waals surface area contributed by atoms with Crippen LogP contribution >= 0.6 is 11.8 Å². The monoisotopic (exact) mass is 355 g/mol. The second-order valence-corrected chi connectivity index (χ2v) is 7.19. The lowest BCUT2D eigenvalue weighted by Crippen LogP contribution is -2.10. The molecule has 0 aliphatic carbocycles. The van der Waals surface area contributed by atoms with E-state index in [4.69, 9.17) is 0 Å². The number of thioether (sulfide) groups is 1. The first-order chi connectivity index (χ1) is 12.3. The number of rotatable bonds is 4. The van der Waals surface area contributed by atoms with E-state index in [2.05, 4.69) is 19.7 Å². The third-order valence-electron chi connectivity index (χ3n) is 4.60. The van der Waals surface area contributed by atoms with E-state index >= 15 is 0 Å². The number of aromatic nitrogens is 5. The fourth-order valence-electron chi connectivity index (χ4n) is 3.28. The molecule has 0 saturated heterocycles. The van der Waals surface area contributed by atoms with Gasteiger partial charge < -0.3 is 4.57 Å². The molecule has 6 nitrogen and oxygen atoms in total. The Morgan fingerprint density at radius 2 is 2.08 bits per heavy atom. The van der Waals surface area contributed by atoms with Crippen molar-refractivity contribution in [3.63, 3.8) is 0 Å². The second kappa shape index (κ2) is 7.00. The van der Waals surface area contributed by atoms with Gasteiger partial charge in [0.25, 0.3) is 0 Å². The number of carbonyl (C=O) groups excluding carboxylic acids is 1. The van der Waals surface area contributed by atoms with Gasteiger partial charge in [0, 0.05) is 19.4 Å². The van der Waals surface area contributed by atoms with Crippen molar-refractivity contribution in [2.45, 2.75) is 56.5 Å². The Balaban J connectivity index is 1.63. The molecule has 1 aromatic carbocycles. The molecule has 2 aromatic heterocycles. The maximum Gasteiger partial charge on any atom is 0.232 e. The molecule has 0 fully saturated rings. The van der Waals surface area contributed by atoms with Crippen LogP contribution in [0.5, 0.6) is 0 Å². The highest BCUT2D eigenvalue weighted by molar-refractivity contribution is 7.98. The Morgan fingerprint density at radius 1 is 1.20 bits per heavy atom. The number of nitrogens with zero attached hydrogens (tertiary/aromatic N) is 5. The van der Waals surface area contributed by atoms with Crippen LogP contribution in [-0.4, -0.2) is 30.2 Å². The summed E-state index contributed by atoms with van der Waals surface area (Å²) >= 11 is 1.56. The number of benzene rings is 1. The topological polar surface area (TPSA) is 65.6 Å². The Labute approximate surface area is 150 Å². The molecule has 0 spiro atoms. The van der Waals surface area contributed by atoms with E-state index in [0.29, 0.717) is 12.2 Å². The van der Waals surface area contributed by atoms with Gasteiger partial charge in [-0.05, 0) is 25.0 Å². The van der Waals surface area contributed by atoms with Crippen molar-refractivity contribution in [1.29, 1.82) is 0 Å². The molecule has 25 heavy (non-hydrogen) atoms. The molecular weight excluding hydrogens is 334 g/mol. The number of imidazole rings is 1. The fraction of sp³-hybridized carbons (Fsp3) is 0.444. The highest BCUT2D eigenvalue weighted by atomic mass is 32.2. The van der Waals surface area contributed by atoms with Crippen molar-refractivity contribution in [2.24, 2.45) is 0 Å². The number of aryl methyl sites for hydroxylation is 1. The smallest absolute Gasteiger partial charge is 0.232 e. The number of hydrogen-bond donors (Lipinski definition) is 0. The summed E-state index contributed by atoms with van der Waals surface area (Å²) in [5.74, 6) is 2.81. The lowest BCUT2D eigenvalue weighted by Gasteiger charge is -2.08. The van der Waals surface area contributed by atoms with Crippen LogP contribution in [0.3, 0.4) is 0 Å². The third kappa shape index (κ3) is 3.08. The quantitative estimate of drug-likeness (QED) is 0.668. The predicted octanol–water partition coefficient (Wildman–Crippen LogP) is 3.70. The molecule has 1 aliphatic rings. The number of carbonyl (C=O) groups is 1. The van der Waals surface area contributed by atoms with Crippen LogP contribution in [0.1, 0.15) is 49.1 Å². The summed E-state index contributed by atoms with van der Waals surface area (Å²) in [5, 5.41) is 9.46. The molecule has 0 saturated carbocycles. The minimum Gasteiger partial charge on any atom is -0.314 e. The van der Waals surface area contributed by atoms with Crippen molar-refractivity contribution in [3.8, 4) is 0 Å². The zero-order chi connectivity index (χ0) is 17.2. The minimum absolute atomic E-state index is 0.0660. The lowest BCUT2D eigenvalue weighted by molar-refractivity contribution is 0.0903. The van der Waals surface area contributed by atoms with Crippen LogP contribution < -0.4 is 0 Å². The van der Waals surface area contributed by atoms with Gasteiger partial charge in [-0.3, -0.25) is 9.36 Å². The maximum absolute atomic E-state index is 12.4. The molecule has 1 aliphatic heterocycles. The van der Waals surface area contributed by atoms with Crippen LogP contribution in [0.2, 0.25) is 0 Å². The average Bonchev–Trinajstić information content (AvgIpc) is 3.11. The lowest BCUT2D eigenvalue weighted by atomic mass is 10.2. The first kappa shape index (κ1) is 16.3. The van der Waals surface area contributed by atoms with Gasteiger partial charge in [-0.15, -0.1) is 10.2 Å². The molecule has 0 amide bonds.